The zero-order valence-electron chi connectivity index (χ0n) is 9.55. The fourth-order valence-electron chi connectivity index (χ4n) is 1.41. The van der Waals surface area contributed by atoms with Crippen LogP contribution in [0.3, 0.4) is 0 Å². The molecule has 0 heterocycles. The SMILES string of the molecule is O=C(/C=C/c1ccccc1Cl)Sc1ccccc1. The summed E-state index contributed by atoms with van der Waals surface area (Å²) in [7, 11) is 0. The zero-order valence-corrected chi connectivity index (χ0v) is 11.1. The highest BCUT2D eigenvalue weighted by molar-refractivity contribution is 8.14. The Hall–Kier alpha value is -1.51. The maximum Gasteiger partial charge on any atom is 0.216 e. The molecule has 1 nitrogen and oxygen atoms in total. The van der Waals surface area contributed by atoms with Crippen LogP contribution in [-0.2, 0) is 4.79 Å². The predicted octanol–water partition coefficient (Wildman–Crippen LogP) is 4.67. The van der Waals surface area contributed by atoms with Crippen molar-refractivity contribution in [3.8, 4) is 0 Å². The lowest BCUT2D eigenvalue weighted by Gasteiger charge is -1.97. The van der Waals surface area contributed by atoms with Gasteiger partial charge < -0.3 is 0 Å². The van der Waals surface area contributed by atoms with Crippen molar-refractivity contribution in [1.29, 1.82) is 0 Å². The number of rotatable bonds is 3. The van der Waals surface area contributed by atoms with Crippen LogP contribution in [-0.4, -0.2) is 5.12 Å². The van der Waals surface area contributed by atoms with Gasteiger partial charge in [0.2, 0.25) is 5.12 Å². The van der Waals surface area contributed by atoms with Crippen molar-refractivity contribution >= 4 is 34.6 Å². The third-order valence-corrected chi connectivity index (χ3v) is 3.46. The minimum atomic E-state index is -0.0129. The van der Waals surface area contributed by atoms with Crippen LogP contribution in [0.1, 0.15) is 5.56 Å². The van der Waals surface area contributed by atoms with E-state index in [1.54, 1.807) is 18.2 Å². The van der Waals surface area contributed by atoms with Gasteiger partial charge in [-0.15, -0.1) is 0 Å². The van der Waals surface area contributed by atoms with Crippen molar-refractivity contribution in [3.05, 3.63) is 71.3 Å². The number of carbonyl (C=O) groups is 1. The van der Waals surface area contributed by atoms with Crippen LogP contribution in [0.15, 0.2) is 65.6 Å². The second kappa shape index (κ2) is 6.43. The first kappa shape index (κ1) is 12.9. The smallest absolute Gasteiger partial charge is 0.216 e. The van der Waals surface area contributed by atoms with Gasteiger partial charge in [0.15, 0.2) is 0 Å². The number of halogens is 1. The topological polar surface area (TPSA) is 17.1 Å². The van der Waals surface area contributed by atoms with E-state index in [2.05, 4.69) is 0 Å². The van der Waals surface area contributed by atoms with Crippen LogP contribution in [0.2, 0.25) is 5.02 Å². The van der Waals surface area contributed by atoms with Crippen LogP contribution in [0, 0.1) is 0 Å². The molecule has 0 N–H and O–H groups in total. The lowest BCUT2D eigenvalue weighted by molar-refractivity contribution is -0.106. The van der Waals surface area contributed by atoms with E-state index in [0.29, 0.717) is 5.02 Å². The highest BCUT2D eigenvalue weighted by Crippen LogP contribution is 2.20. The monoisotopic (exact) mass is 274 g/mol. The Kier molecular flexibility index (Phi) is 4.62. The summed E-state index contributed by atoms with van der Waals surface area (Å²) in [5.74, 6) is 0. The summed E-state index contributed by atoms with van der Waals surface area (Å²) in [6, 6.07) is 17.0. The lowest BCUT2D eigenvalue weighted by Crippen LogP contribution is -1.84. The normalized spacial score (nSPS) is 10.7. The molecular formula is C15H11ClOS. The maximum absolute atomic E-state index is 11.7. The molecule has 0 aliphatic carbocycles. The summed E-state index contributed by atoms with van der Waals surface area (Å²) in [6.45, 7) is 0. The van der Waals surface area contributed by atoms with Crippen molar-refractivity contribution in [2.24, 2.45) is 0 Å². The molecule has 0 bridgehead atoms. The van der Waals surface area contributed by atoms with Crippen LogP contribution >= 0.6 is 23.4 Å². The van der Waals surface area contributed by atoms with Gasteiger partial charge in [0, 0.05) is 9.92 Å². The zero-order chi connectivity index (χ0) is 12.8. The molecule has 0 unspecified atom stereocenters. The average molecular weight is 275 g/mol. The first-order chi connectivity index (χ1) is 8.75. The Labute approximate surface area is 115 Å². The van der Waals surface area contributed by atoms with Crippen molar-refractivity contribution in [3.63, 3.8) is 0 Å². The van der Waals surface area contributed by atoms with Crippen LogP contribution in [0.5, 0.6) is 0 Å². The van der Waals surface area contributed by atoms with Crippen molar-refractivity contribution in [2.75, 3.05) is 0 Å². The number of hydrogen-bond acceptors (Lipinski definition) is 2. The molecule has 0 saturated carbocycles. The molecule has 0 radical (unpaired) electrons. The summed E-state index contributed by atoms with van der Waals surface area (Å²) in [5.41, 5.74) is 0.848. The van der Waals surface area contributed by atoms with Crippen molar-refractivity contribution in [1.82, 2.24) is 0 Å². The number of thioether (sulfide) groups is 1. The van der Waals surface area contributed by atoms with E-state index >= 15 is 0 Å². The Morgan fingerprint density at radius 2 is 1.67 bits per heavy atom. The fraction of sp³-hybridized carbons (Fsp3) is 0. The van der Waals surface area contributed by atoms with Gasteiger partial charge in [0.05, 0.1) is 0 Å². The molecule has 0 spiro atoms. The largest absolute Gasteiger partial charge is 0.282 e. The third-order valence-electron chi connectivity index (χ3n) is 2.27. The molecule has 2 rings (SSSR count). The molecule has 90 valence electrons. The molecule has 0 aliphatic heterocycles. The van der Waals surface area contributed by atoms with Crippen LogP contribution < -0.4 is 0 Å². The summed E-state index contributed by atoms with van der Waals surface area (Å²) in [5, 5.41) is 0.632. The first-order valence-electron chi connectivity index (χ1n) is 5.45. The summed E-state index contributed by atoms with van der Waals surface area (Å²) in [6.07, 6.45) is 3.28. The summed E-state index contributed by atoms with van der Waals surface area (Å²) >= 11 is 7.20. The van der Waals surface area contributed by atoms with Gasteiger partial charge in [-0.3, -0.25) is 4.79 Å². The van der Waals surface area contributed by atoms with E-state index in [1.807, 2.05) is 48.5 Å². The molecule has 3 heteroatoms. The van der Waals surface area contributed by atoms with Gasteiger partial charge in [0.25, 0.3) is 0 Å². The molecule has 2 aromatic carbocycles. The second-order valence-corrected chi connectivity index (χ2v) is 5.07. The Bertz CT molecular complexity index is 564. The Morgan fingerprint density at radius 1 is 1.00 bits per heavy atom. The fourth-order valence-corrected chi connectivity index (χ4v) is 2.27. The number of hydrogen-bond donors (Lipinski definition) is 0. The van der Waals surface area contributed by atoms with E-state index < -0.39 is 0 Å². The highest BCUT2D eigenvalue weighted by atomic mass is 35.5. The number of carbonyl (C=O) groups excluding carboxylic acids is 1. The van der Waals surface area contributed by atoms with Gasteiger partial charge in [-0.25, -0.2) is 0 Å². The predicted molar refractivity (Wildman–Crippen MR) is 77.8 cm³/mol. The van der Waals surface area contributed by atoms with Gasteiger partial charge in [-0.05, 0) is 47.7 Å². The molecule has 0 fully saturated rings. The molecule has 18 heavy (non-hydrogen) atoms. The van der Waals surface area contributed by atoms with E-state index in [1.165, 1.54) is 11.8 Å². The van der Waals surface area contributed by atoms with Gasteiger partial charge in [-0.2, -0.15) is 0 Å². The summed E-state index contributed by atoms with van der Waals surface area (Å²) < 4.78 is 0. The quantitative estimate of drug-likeness (QED) is 0.597. The Morgan fingerprint density at radius 3 is 2.39 bits per heavy atom. The number of benzene rings is 2. The van der Waals surface area contributed by atoms with E-state index in [4.69, 9.17) is 11.6 Å². The van der Waals surface area contributed by atoms with Gasteiger partial charge >= 0.3 is 0 Å². The van der Waals surface area contributed by atoms with E-state index in [0.717, 1.165) is 10.5 Å². The molecular weight excluding hydrogens is 264 g/mol. The first-order valence-corrected chi connectivity index (χ1v) is 6.64. The van der Waals surface area contributed by atoms with Crippen molar-refractivity contribution < 1.29 is 4.79 Å². The van der Waals surface area contributed by atoms with Crippen molar-refractivity contribution in [2.45, 2.75) is 4.90 Å². The average Bonchev–Trinajstić information content (AvgIpc) is 2.39. The minimum absolute atomic E-state index is 0.0129. The highest BCUT2D eigenvalue weighted by Gasteiger charge is 2.00. The molecule has 0 aromatic heterocycles. The molecule has 2 aromatic rings. The standard InChI is InChI=1S/C15H11ClOS/c16-14-9-5-4-6-12(14)10-11-15(17)18-13-7-2-1-3-8-13/h1-11H/b11-10+. The molecule has 0 aliphatic rings. The second-order valence-electron chi connectivity index (χ2n) is 3.59. The maximum atomic E-state index is 11.7. The van der Waals surface area contributed by atoms with E-state index in [-0.39, 0.29) is 5.12 Å². The summed E-state index contributed by atoms with van der Waals surface area (Å²) in [4.78, 5) is 12.7. The minimum Gasteiger partial charge on any atom is -0.282 e. The lowest BCUT2D eigenvalue weighted by atomic mass is 10.2. The van der Waals surface area contributed by atoms with Gasteiger partial charge in [-0.1, -0.05) is 48.0 Å². The van der Waals surface area contributed by atoms with E-state index in [9.17, 15) is 4.79 Å². The van der Waals surface area contributed by atoms with Gasteiger partial charge in [0.1, 0.15) is 0 Å². The van der Waals surface area contributed by atoms with Crippen LogP contribution in [0.4, 0.5) is 0 Å². The third kappa shape index (κ3) is 3.76. The Balaban J connectivity index is 2.02. The molecule has 0 saturated heterocycles. The molecule has 0 amide bonds. The molecule has 0 atom stereocenters. The van der Waals surface area contributed by atoms with Crippen LogP contribution in [0.25, 0.3) is 6.08 Å².